The van der Waals surface area contributed by atoms with Crippen molar-refractivity contribution in [3.63, 3.8) is 0 Å². The summed E-state index contributed by atoms with van der Waals surface area (Å²) in [5, 5.41) is 1.55. The first-order valence-corrected chi connectivity index (χ1v) is 6.89. The van der Waals surface area contributed by atoms with E-state index in [1.807, 2.05) is 0 Å². The van der Waals surface area contributed by atoms with Gasteiger partial charge in [-0.25, -0.2) is 0 Å². The summed E-state index contributed by atoms with van der Waals surface area (Å²) in [6, 6.07) is 10.9. The van der Waals surface area contributed by atoms with Gasteiger partial charge in [-0.3, -0.25) is 0 Å². The largest absolute Gasteiger partial charge is 0.0982 e. The lowest BCUT2D eigenvalue weighted by molar-refractivity contribution is 1.26. The quantitative estimate of drug-likeness (QED) is 0.578. The van der Waals surface area contributed by atoms with Crippen molar-refractivity contribution in [2.75, 3.05) is 12.8 Å². The van der Waals surface area contributed by atoms with E-state index in [0.717, 1.165) is 0 Å². The molecule has 1 heterocycles. The molecule has 0 radical (unpaired) electrons. The van der Waals surface area contributed by atoms with Crippen LogP contribution in [0.15, 0.2) is 42.2 Å². The molecule has 1 heteroatoms. The normalized spacial score (nSPS) is 27.8. The molecule has 0 N–H and O–H groups in total. The number of rotatable bonds is 1. The van der Waals surface area contributed by atoms with E-state index >= 15 is 0 Å². The predicted molar refractivity (Wildman–Crippen MR) is 57.5 cm³/mol. The highest BCUT2D eigenvalue weighted by molar-refractivity contribution is 7.85. The van der Waals surface area contributed by atoms with Gasteiger partial charge in [0.1, 0.15) is 0 Å². The van der Waals surface area contributed by atoms with Crippen LogP contribution in [-0.2, 0) is 0 Å². The van der Waals surface area contributed by atoms with E-state index in [-0.39, 0.29) is 0 Å². The molecule has 0 bridgehead atoms. The molecule has 62 valence electrons. The fraction of sp³-hybridized carbons (Fsp3) is 0.273. The molecule has 1 aliphatic rings. The standard InChI is InChI=1S/C11H14P/c1-12(9-5-6-10-12)11-7-3-2-4-8-11/h2-5,7-9H,6,10H2,1H3/q+1. The van der Waals surface area contributed by atoms with Crippen LogP contribution in [0.25, 0.3) is 0 Å². The van der Waals surface area contributed by atoms with Crippen LogP contribution in [0.1, 0.15) is 6.42 Å². The Hall–Kier alpha value is -0.610. The van der Waals surface area contributed by atoms with Crippen LogP contribution in [0, 0.1) is 0 Å². The van der Waals surface area contributed by atoms with Crippen molar-refractivity contribution >= 4 is 12.6 Å². The lowest BCUT2D eigenvalue weighted by Crippen LogP contribution is -2.07. The van der Waals surface area contributed by atoms with E-state index in [0.29, 0.717) is 0 Å². The van der Waals surface area contributed by atoms with E-state index < -0.39 is 7.26 Å². The van der Waals surface area contributed by atoms with Crippen LogP contribution in [0.5, 0.6) is 0 Å². The maximum Gasteiger partial charge on any atom is 0.0982 e. The smallest absolute Gasteiger partial charge is 0.0620 e. The van der Waals surface area contributed by atoms with Gasteiger partial charge in [0.15, 0.2) is 0 Å². The molecular formula is C11H14P+. The van der Waals surface area contributed by atoms with Crippen molar-refractivity contribution in [3.05, 3.63) is 42.2 Å². The van der Waals surface area contributed by atoms with Crippen molar-refractivity contribution in [1.82, 2.24) is 0 Å². The molecule has 0 spiro atoms. The molecule has 0 nitrogen and oxygen atoms in total. The Morgan fingerprint density at radius 1 is 1.17 bits per heavy atom. The van der Waals surface area contributed by atoms with Gasteiger partial charge in [0.05, 0.1) is 31.2 Å². The van der Waals surface area contributed by atoms with Crippen LogP contribution in [-0.4, -0.2) is 12.8 Å². The van der Waals surface area contributed by atoms with Crippen molar-refractivity contribution in [3.8, 4) is 0 Å². The number of allylic oxidation sites excluding steroid dienone is 1. The Bertz CT molecular complexity index is 289. The maximum absolute atomic E-state index is 2.45. The molecule has 1 aromatic carbocycles. The van der Waals surface area contributed by atoms with Crippen LogP contribution >= 0.6 is 7.26 Å². The third kappa shape index (κ3) is 1.32. The van der Waals surface area contributed by atoms with Crippen LogP contribution in [0.2, 0.25) is 0 Å². The predicted octanol–water partition coefficient (Wildman–Crippen LogP) is 2.88. The Kier molecular flexibility index (Phi) is 2.02. The average molecular weight is 177 g/mol. The fourth-order valence-corrected chi connectivity index (χ4v) is 4.44. The number of hydrogen-bond acceptors (Lipinski definition) is 0. The van der Waals surface area contributed by atoms with Gasteiger partial charge in [-0.1, -0.05) is 18.2 Å². The molecular weight excluding hydrogens is 163 g/mol. The second kappa shape index (κ2) is 3.03. The van der Waals surface area contributed by atoms with E-state index in [1.165, 1.54) is 12.6 Å². The van der Waals surface area contributed by atoms with Gasteiger partial charge < -0.3 is 0 Å². The third-order valence-corrected chi connectivity index (χ3v) is 6.07. The van der Waals surface area contributed by atoms with Crippen LogP contribution in [0.3, 0.4) is 0 Å². The Morgan fingerprint density at radius 3 is 2.50 bits per heavy atom. The van der Waals surface area contributed by atoms with Gasteiger partial charge in [0.2, 0.25) is 0 Å². The molecule has 0 fully saturated rings. The van der Waals surface area contributed by atoms with Crippen molar-refractivity contribution in [2.45, 2.75) is 6.42 Å². The Morgan fingerprint density at radius 2 is 1.92 bits per heavy atom. The van der Waals surface area contributed by atoms with Crippen LogP contribution in [0.4, 0.5) is 0 Å². The minimum absolute atomic E-state index is 0.853. The third-order valence-electron chi connectivity index (χ3n) is 2.54. The minimum atomic E-state index is -0.853. The Balaban J connectivity index is 2.36. The monoisotopic (exact) mass is 177 g/mol. The van der Waals surface area contributed by atoms with Gasteiger partial charge in [-0.05, 0) is 18.2 Å². The average Bonchev–Trinajstić information content (AvgIpc) is 2.55. The molecule has 0 saturated carbocycles. The summed E-state index contributed by atoms with van der Waals surface area (Å²) < 4.78 is 0. The molecule has 0 aromatic heterocycles. The van der Waals surface area contributed by atoms with Gasteiger partial charge >= 0.3 is 0 Å². The molecule has 1 unspecified atom stereocenters. The molecule has 0 amide bonds. The van der Waals surface area contributed by atoms with Gasteiger partial charge in [-0.15, -0.1) is 0 Å². The number of benzene rings is 1. The van der Waals surface area contributed by atoms with E-state index in [1.54, 1.807) is 5.30 Å². The summed E-state index contributed by atoms with van der Waals surface area (Å²) in [5.41, 5.74) is 0. The summed E-state index contributed by atoms with van der Waals surface area (Å²) >= 11 is 0. The summed E-state index contributed by atoms with van der Waals surface area (Å²) in [4.78, 5) is 0. The first-order chi connectivity index (χ1) is 5.81. The van der Waals surface area contributed by atoms with Crippen molar-refractivity contribution < 1.29 is 0 Å². The van der Waals surface area contributed by atoms with Gasteiger partial charge in [0.25, 0.3) is 0 Å². The topological polar surface area (TPSA) is 0 Å². The summed E-state index contributed by atoms with van der Waals surface area (Å²) in [6.45, 7) is 2.42. The molecule has 1 aliphatic heterocycles. The first-order valence-electron chi connectivity index (χ1n) is 4.40. The SMILES string of the molecule is C[P+]1(c2ccccc2)C=CCC1. The summed E-state index contributed by atoms with van der Waals surface area (Å²) in [5.74, 6) is 2.45. The van der Waals surface area contributed by atoms with Gasteiger partial charge in [0, 0.05) is 6.42 Å². The summed E-state index contributed by atoms with van der Waals surface area (Å²) in [7, 11) is -0.853. The fourth-order valence-electron chi connectivity index (χ4n) is 1.71. The number of hydrogen-bond donors (Lipinski definition) is 0. The molecule has 0 aliphatic carbocycles. The second-order valence-corrected chi connectivity index (χ2v) is 7.30. The van der Waals surface area contributed by atoms with Crippen LogP contribution < -0.4 is 5.30 Å². The zero-order valence-electron chi connectivity index (χ0n) is 7.40. The first kappa shape index (κ1) is 8.01. The Labute approximate surface area is 74.6 Å². The zero-order chi connectivity index (χ0) is 8.44. The maximum atomic E-state index is 2.45. The van der Waals surface area contributed by atoms with Gasteiger partial charge in [-0.2, -0.15) is 0 Å². The highest BCUT2D eigenvalue weighted by Crippen LogP contribution is 2.59. The van der Waals surface area contributed by atoms with Crippen molar-refractivity contribution in [1.29, 1.82) is 0 Å². The lowest BCUT2D eigenvalue weighted by Gasteiger charge is -2.13. The van der Waals surface area contributed by atoms with E-state index in [9.17, 15) is 0 Å². The molecule has 1 aromatic rings. The molecule has 1 atom stereocenters. The highest BCUT2D eigenvalue weighted by atomic mass is 31.2. The van der Waals surface area contributed by atoms with Crippen molar-refractivity contribution in [2.24, 2.45) is 0 Å². The molecule has 2 rings (SSSR count). The lowest BCUT2D eigenvalue weighted by atomic mass is 10.4. The highest BCUT2D eigenvalue weighted by Gasteiger charge is 2.33. The van der Waals surface area contributed by atoms with E-state index in [2.05, 4.69) is 48.9 Å². The van der Waals surface area contributed by atoms with E-state index in [4.69, 9.17) is 0 Å². The zero-order valence-corrected chi connectivity index (χ0v) is 8.30. The second-order valence-electron chi connectivity index (χ2n) is 3.50. The minimum Gasteiger partial charge on any atom is -0.0620 e. The molecule has 0 saturated heterocycles. The molecule has 12 heavy (non-hydrogen) atoms. The summed E-state index contributed by atoms with van der Waals surface area (Å²) in [6.07, 6.45) is 4.98.